The van der Waals surface area contributed by atoms with Gasteiger partial charge in [0, 0.05) is 18.7 Å². The highest BCUT2D eigenvalue weighted by Gasteiger charge is 2.18. The van der Waals surface area contributed by atoms with Crippen molar-refractivity contribution in [3.05, 3.63) is 71.8 Å². The van der Waals surface area contributed by atoms with E-state index in [9.17, 15) is 20.2 Å². The van der Waals surface area contributed by atoms with Gasteiger partial charge >= 0.3 is 10.0 Å². The number of rotatable bonds is 7. The SMILES string of the molecule is COc1ccc(CNc2nc(Cl)nc3sc([N+](=O)[O-])cc23)cc1OC.O=[N+]([O-])c1cc2c(Cl)nc(Cl)nc2s1. The third-order valence-electron chi connectivity index (χ3n) is 4.93. The summed E-state index contributed by atoms with van der Waals surface area (Å²) in [5.74, 6) is 1.68. The van der Waals surface area contributed by atoms with Crippen LogP contribution in [0.5, 0.6) is 11.5 Å². The van der Waals surface area contributed by atoms with Crippen molar-refractivity contribution in [1.29, 1.82) is 0 Å². The molecule has 13 nitrogen and oxygen atoms in total. The van der Waals surface area contributed by atoms with Crippen LogP contribution in [-0.4, -0.2) is 44.0 Å². The molecule has 1 N–H and O–H groups in total. The summed E-state index contributed by atoms with van der Waals surface area (Å²) in [6, 6.07) is 8.28. The summed E-state index contributed by atoms with van der Waals surface area (Å²) in [4.78, 5) is 37.0. The molecule has 5 aromatic rings. The molecule has 0 saturated carbocycles. The molecular formula is C21H14Cl3N7O6S2. The second-order valence-electron chi connectivity index (χ2n) is 7.29. The molecule has 0 aliphatic heterocycles. The van der Waals surface area contributed by atoms with Crippen molar-refractivity contribution in [2.45, 2.75) is 6.54 Å². The van der Waals surface area contributed by atoms with Crippen molar-refractivity contribution in [3.8, 4) is 11.5 Å². The summed E-state index contributed by atoms with van der Waals surface area (Å²) in [5, 5.41) is 25.7. The monoisotopic (exact) mass is 629 g/mol. The number of thiophene rings is 2. The predicted octanol–water partition coefficient (Wildman–Crippen LogP) is 6.79. The lowest BCUT2D eigenvalue weighted by molar-refractivity contribution is -0.380. The summed E-state index contributed by atoms with van der Waals surface area (Å²) in [6.07, 6.45) is 0. The van der Waals surface area contributed by atoms with Crippen LogP contribution in [0, 0.1) is 20.2 Å². The van der Waals surface area contributed by atoms with Gasteiger partial charge in [0.1, 0.15) is 20.6 Å². The van der Waals surface area contributed by atoms with E-state index in [-0.39, 0.29) is 25.7 Å². The Bertz CT molecular complexity index is 1710. The molecule has 202 valence electrons. The molecule has 18 heteroatoms. The zero-order valence-electron chi connectivity index (χ0n) is 19.7. The van der Waals surface area contributed by atoms with Crippen molar-refractivity contribution >= 4 is 93.7 Å². The number of methoxy groups -OCH3 is 2. The molecule has 0 atom stereocenters. The Hall–Kier alpha value is -3.63. The molecule has 1 aromatic carbocycles. The van der Waals surface area contributed by atoms with E-state index in [2.05, 4.69) is 25.3 Å². The maximum Gasteiger partial charge on any atom is 0.326 e. The highest BCUT2D eigenvalue weighted by molar-refractivity contribution is 7.22. The molecule has 0 aliphatic carbocycles. The van der Waals surface area contributed by atoms with Crippen molar-refractivity contribution in [1.82, 2.24) is 19.9 Å². The van der Waals surface area contributed by atoms with Gasteiger partial charge in [0.2, 0.25) is 10.6 Å². The smallest absolute Gasteiger partial charge is 0.326 e. The number of hydrogen-bond donors (Lipinski definition) is 1. The molecule has 0 fully saturated rings. The largest absolute Gasteiger partial charge is 0.493 e. The van der Waals surface area contributed by atoms with Gasteiger partial charge in [-0.15, -0.1) is 0 Å². The van der Waals surface area contributed by atoms with Crippen molar-refractivity contribution in [3.63, 3.8) is 0 Å². The molecule has 4 aromatic heterocycles. The number of aromatic nitrogens is 4. The van der Waals surface area contributed by atoms with E-state index in [4.69, 9.17) is 44.3 Å². The first-order valence-corrected chi connectivity index (χ1v) is 13.2. The second kappa shape index (κ2) is 12.0. The number of fused-ring (bicyclic) bond motifs is 2. The normalized spacial score (nSPS) is 10.7. The molecule has 0 spiro atoms. The van der Waals surface area contributed by atoms with Gasteiger partial charge in [-0.05, 0) is 63.6 Å². The average molecular weight is 631 g/mol. The zero-order chi connectivity index (χ0) is 28.3. The Balaban J connectivity index is 0.000000212. The van der Waals surface area contributed by atoms with Crippen LogP contribution in [0.15, 0.2) is 30.3 Å². The van der Waals surface area contributed by atoms with Gasteiger partial charge in [-0.1, -0.05) is 17.7 Å². The van der Waals surface area contributed by atoms with Crippen LogP contribution in [0.3, 0.4) is 0 Å². The Morgan fingerprint density at radius 2 is 1.38 bits per heavy atom. The maximum atomic E-state index is 11.0. The molecule has 0 saturated heterocycles. The zero-order valence-corrected chi connectivity index (χ0v) is 23.6. The molecule has 0 aliphatic rings. The van der Waals surface area contributed by atoms with Crippen molar-refractivity contribution in [2.75, 3.05) is 19.5 Å². The Morgan fingerprint density at radius 1 is 0.821 bits per heavy atom. The lowest BCUT2D eigenvalue weighted by Crippen LogP contribution is -2.03. The molecule has 0 unspecified atom stereocenters. The average Bonchev–Trinajstić information content (AvgIpc) is 3.52. The second-order valence-corrected chi connectivity index (χ2v) is 10.3. The molecule has 0 bridgehead atoms. The first kappa shape index (κ1) is 28.4. The van der Waals surface area contributed by atoms with Gasteiger partial charge in [-0.3, -0.25) is 20.2 Å². The number of nitrogens with one attached hydrogen (secondary N) is 1. The first-order valence-electron chi connectivity index (χ1n) is 10.4. The standard InChI is InChI=1S/C15H13ClN4O4S.C6HCl2N3O2S/c1-23-10-4-3-8(5-11(10)24-2)7-17-13-9-6-12(20(21)22)25-14(9)19-15(16)18-13;7-4-2-1-3(11(12)13)14-5(2)10-6(8)9-4/h3-6H,7H2,1-2H3,(H,17,18,19);1H. The van der Waals surface area contributed by atoms with Crippen LogP contribution in [-0.2, 0) is 6.54 Å². The fraction of sp³-hybridized carbons (Fsp3) is 0.143. The van der Waals surface area contributed by atoms with Gasteiger partial charge in [0.05, 0.1) is 34.8 Å². The lowest BCUT2D eigenvalue weighted by atomic mass is 10.2. The van der Waals surface area contributed by atoms with E-state index in [1.54, 1.807) is 20.3 Å². The number of benzene rings is 1. The number of anilines is 1. The van der Waals surface area contributed by atoms with Gasteiger partial charge in [0.15, 0.2) is 11.5 Å². The number of nitrogens with zero attached hydrogens (tertiary/aromatic N) is 6. The highest BCUT2D eigenvalue weighted by Crippen LogP contribution is 2.35. The van der Waals surface area contributed by atoms with Gasteiger partial charge < -0.3 is 14.8 Å². The van der Waals surface area contributed by atoms with E-state index in [1.165, 1.54) is 12.1 Å². The molecule has 5 rings (SSSR count). The summed E-state index contributed by atoms with van der Waals surface area (Å²) < 4.78 is 10.5. The van der Waals surface area contributed by atoms with Crippen LogP contribution in [0.2, 0.25) is 15.7 Å². The highest BCUT2D eigenvalue weighted by atomic mass is 35.5. The fourth-order valence-electron chi connectivity index (χ4n) is 3.22. The van der Waals surface area contributed by atoms with E-state index in [1.807, 2.05) is 12.1 Å². The van der Waals surface area contributed by atoms with Crippen LogP contribution < -0.4 is 14.8 Å². The van der Waals surface area contributed by atoms with E-state index in [0.29, 0.717) is 44.3 Å². The van der Waals surface area contributed by atoms with Gasteiger partial charge in [-0.2, -0.15) is 0 Å². The third-order valence-corrected chi connectivity index (χ3v) is 7.51. The van der Waals surface area contributed by atoms with Crippen molar-refractivity contribution in [2.24, 2.45) is 0 Å². The van der Waals surface area contributed by atoms with Crippen LogP contribution in [0.1, 0.15) is 5.56 Å². The van der Waals surface area contributed by atoms with Gasteiger partial charge in [-0.25, -0.2) is 19.9 Å². The third kappa shape index (κ3) is 6.51. The predicted molar refractivity (Wildman–Crippen MR) is 150 cm³/mol. The topological polar surface area (TPSA) is 168 Å². The summed E-state index contributed by atoms with van der Waals surface area (Å²) in [7, 11) is 3.13. The van der Waals surface area contributed by atoms with Crippen LogP contribution in [0.25, 0.3) is 20.4 Å². The maximum absolute atomic E-state index is 11.0. The molecule has 0 radical (unpaired) electrons. The van der Waals surface area contributed by atoms with Crippen LogP contribution >= 0.6 is 57.5 Å². The summed E-state index contributed by atoms with van der Waals surface area (Å²) >= 11 is 19.1. The molecule has 0 amide bonds. The minimum Gasteiger partial charge on any atom is -0.493 e. The quantitative estimate of drug-likeness (QED) is 0.0869. The Morgan fingerprint density at radius 3 is 1.97 bits per heavy atom. The lowest BCUT2D eigenvalue weighted by Gasteiger charge is -2.11. The minimum absolute atomic E-state index is 0.0132. The van der Waals surface area contributed by atoms with E-state index >= 15 is 0 Å². The van der Waals surface area contributed by atoms with Crippen LogP contribution in [0.4, 0.5) is 15.8 Å². The summed E-state index contributed by atoms with van der Waals surface area (Å²) in [6.45, 7) is 0.423. The molecule has 4 heterocycles. The van der Waals surface area contributed by atoms with E-state index in [0.717, 1.165) is 28.2 Å². The number of halogens is 3. The van der Waals surface area contributed by atoms with E-state index < -0.39 is 9.85 Å². The fourth-order valence-corrected chi connectivity index (χ4v) is 5.68. The van der Waals surface area contributed by atoms with Gasteiger partial charge in [0.25, 0.3) is 0 Å². The molecule has 39 heavy (non-hydrogen) atoms. The summed E-state index contributed by atoms with van der Waals surface area (Å²) in [5.41, 5.74) is 0.922. The Kier molecular flexibility index (Phi) is 8.76. The first-order chi connectivity index (χ1) is 18.6. The van der Waals surface area contributed by atoms with Crippen molar-refractivity contribution < 1.29 is 19.3 Å². The minimum atomic E-state index is -0.503. The number of ether oxygens (including phenoxy) is 2. The number of nitro groups is 2. The Labute approximate surface area is 241 Å². The molecular weight excluding hydrogens is 617 g/mol. The number of hydrogen-bond acceptors (Lipinski definition) is 13.